The third-order valence-electron chi connectivity index (χ3n) is 4.34. The van der Waals surface area contributed by atoms with Gasteiger partial charge in [-0.15, -0.1) is 0 Å². The molecule has 0 amide bonds. The summed E-state index contributed by atoms with van der Waals surface area (Å²) in [5, 5.41) is 15.2. The van der Waals surface area contributed by atoms with Gasteiger partial charge in [0.15, 0.2) is 0 Å². The molecule has 3 rings (SSSR count). The van der Waals surface area contributed by atoms with Crippen molar-refractivity contribution >= 4 is 16.6 Å². The first-order valence-corrected chi connectivity index (χ1v) is 7.49. The van der Waals surface area contributed by atoms with Crippen LogP contribution in [0.5, 0.6) is 0 Å². The molecule has 116 valence electrons. The van der Waals surface area contributed by atoms with E-state index in [1.807, 2.05) is 12.1 Å². The van der Waals surface area contributed by atoms with Gasteiger partial charge >= 0.3 is 0 Å². The van der Waals surface area contributed by atoms with Crippen LogP contribution in [0.4, 0.5) is 5.69 Å². The fourth-order valence-corrected chi connectivity index (χ4v) is 3.00. The summed E-state index contributed by atoms with van der Waals surface area (Å²) >= 11 is 0. The van der Waals surface area contributed by atoms with Crippen LogP contribution in [0.2, 0.25) is 0 Å². The van der Waals surface area contributed by atoms with Crippen molar-refractivity contribution in [3.8, 4) is 0 Å². The lowest BCUT2D eigenvalue weighted by molar-refractivity contribution is -0.384. The molecule has 1 saturated heterocycles. The van der Waals surface area contributed by atoms with Gasteiger partial charge in [0, 0.05) is 35.7 Å². The highest BCUT2D eigenvalue weighted by Gasteiger charge is 2.23. The number of hydrogen-bond acceptors (Lipinski definition) is 5. The molecule has 1 aliphatic rings. The van der Waals surface area contributed by atoms with Crippen LogP contribution in [0.1, 0.15) is 24.5 Å². The van der Waals surface area contributed by atoms with Gasteiger partial charge in [-0.05, 0) is 39.1 Å². The summed E-state index contributed by atoms with van der Waals surface area (Å²) in [7, 11) is 4.17. The van der Waals surface area contributed by atoms with Crippen LogP contribution in [0, 0.1) is 10.1 Å². The second kappa shape index (κ2) is 5.98. The Labute approximate surface area is 129 Å². The molecule has 6 heteroatoms. The van der Waals surface area contributed by atoms with E-state index in [0.29, 0.717) is 12.1 Å². The maximum absolute atomic E-state index is 10.8. The molecule has 2 unspecified atom stereocenters. The zero-order valence-electron chi connectivity index (χ0n) is 12.8. The molecule has 1 aromatic carbocycles. The summed E-state index contributed by atoms with van der Waals surface area (Å²) in [6.45, 7) is 0.911. The molecule has 22 heavy (non-hydrogen) atoms. The first-order valence-electron chi connectivity index (χ1n) is 7.49. The number of piperidine rings is 1. The Morgan fingerprint density at radius 3 is 2.73 bits per heavy atom. The Balaban J connectivity index is 1.81. The predicted molar refractivity (Wildman–Crippen MR) is 85.9 cm³/mol. The highest BCUT2D eigenvalue weighted by atomic mass is 16.6. The normalized spacial score (nSPS) is 22.1. The average molecular weight is 300 g/mol. The lowest BCUT2D eigenvalue weighted by Crippen LogP contribution is -2.46. The van der Waals surface area contributed by atoms with Crippen LogP contribution in [0.15, 0.2) is 30.3 Å². The van der Waals surface area contributed by atoms with E-state index < -0.39 is 0 Å². The van der Waals surface area contributed by atoms with Crippen LogP contribution in [0.3, 0.4) is 0 Å². The lowest BCUT2D eigenvalue weighted by Gasteiger charge is -2.33. The Hall–Kier alpha value is -2.05. The van der Waals surface area contributed by atoms with Crippen molar-refractivity contribution in [3.05, 3.63) is 46.1 Å². The maximum atomic E-state index is 10.8. The Morgan fingerprint density at radius 2 is 2.09 bits per heavy atom. The van der Waals surface area contributed by atoms with Gasteiger partial charge in [0.25, 0.3) is 5.69 Å². The minimum Gasteiger partial charge on any atom is -0.301 e. The van der Waals surface area contributed by atoms with Crippen LogP contribution < -0.4 is 5.32 Å². The number of pyridine rings is 1. The Morgan fingerprint density at radius 1 is 1.27 bits per heavy atom. The third kappa shape index (κ3) is 2.93. The van der Waals surface area contributed by atoms with Crippen molar-refractivity contribution in [2.24, 2.45) is 0 Å². The average Bonchev–Trinajstić information content (AvgIpc) is 2.54. The molecule has 0 spiro atoms. The van der Waals surface area contributed by atoms with Crippen LogP contribution >= 0.6 is 0 Å². The fourth-order valence-electron chi connectivity index (χ4n) is 3.00. The van der Waals surface area contributed by atoms with E-state index in [4.69, 9.17) is 4.98 Å². The zero-order chi connectivity index (χ0) is 15.7. The molecule has 1 N–H and O–H groups in total. The summed E-state index contributed by atoms with van der Waals surface area (Å²) in [6, 6.07) is 8.75. The molecule has 0 bridgehead atoms. The first-order chi connectivity index (χ1) is 10.5. The van der Waals surface area contributed by atoms with Gasteiger partial charge in [-0.3, -0.25) is 20.0 Å². The number of non-ortho nitro benzene ring substituents is 1. The lowest BCUT2D eigenvalue weighted by atomic mass is 9.93. The molecule has 0 saturated carbocycles. The predicted octanol–water partition coefficient (Wildman–Crippen LogP) is 2.50. The standard InChI is InChI=1S/C16H20N4O2/c1-19(2)16-8-4-12(10-17-16)15-6-3-11-9-13(20(21)22)5-7-14(11)18-15/h3,5-7,9,12,16-17H,4,8,10H2,1-2H3. The Bertz CT molecular complexity index is 694. The minimum absolute atomic E-state index is 0.107. The maximum Gasteiger partial charge on any atom is 0.270 e. The summed E-state index contributed by atoms with van der Waals surface area (Å²) in [6.07, 6.45) is 2.62. The van der Waals surface area contributed by atoms with Gasteiger partial charge < -0.3 is 5.32 Å². The molecule has 1 fully saturated rings. The van der Waals surface area contributed by atoms with Gasteiger partial charge in [0.1, 0.15) is 0 Å². The topological polar surface area (TPSA) is 71.3 Å². The van der Waals surface area contributed by atoms with Gasteiger partial charge in [0.05, 0.1) is 16.6 Å². The van der Waals surface area contributed by atoms with E-state index in [2.05, 4.69) is 24.3 Å². The molecule has 2 aromatic rings. The SMILES string of the molecule is CN(C)C1CCC(c2ccc3cc([N+](=O)[O-])ccc3n2)CN1. The summed E-state index contributed by atoms with van der Waals surface area (Å²) in [5.74, 6) is 0.399. The highest BCUT2D eigenvalue weighted by Crippen LogP contribution is 2.27. The van der Waals surface area contributed by atoms with Crippen molar-refractivity contribution in [3.63, 3.8) is 0 Å². The third-order valence-corrected chi connectivity index (χ3v) is 4.34. The number of nitrogens with one attached hydrogen (secondary N) is 1. The van der Waals surface area contributed by atoms with Crippen molar-refractivity contribution in [2.75, 3.05) is 20.6 Å². The van der Waals surface area contributed by atoms with Crippen molar-refractivity contribution in [1.82, 2.24) is 15.2 Å². The van der Waals surface area contributed by atoms with Crippen LogP contribution in [0.25, 0.3) is 10.9 Å². The van der Waals surface area contributed by atoms with Gasteiger partial charge in [-0.25, -0.2) is 0 Å². The largest absolute Gasteiger partial charge is 0.301 e. The van der Waals surface area contributed by atoms with Gasteiger partial charge in [-0.1, -0.05) is 6.07 Å². The van der Waals surface area contributed by atoms with E-state index in [1.165, 1.54) is 6.07 Å². The summed E-state index contributed by atoms with van der Waals surface area (Å²) in [4.78, 5) is 17.3. The highest BCUT2D eigenvalue weighted by molar-refractivity contribution is 5.81. The van der Waals surface area contributed by atoms with Crippen molar-refractivity contribution in [1.29, 1.82) is 0 Å². The number of nitro groups is 1. The van der Waals surface area contributed by atoms with E-state index in [1.54, 1.807) is 12.1 Å². The molecule has 2 heterocycles. The molecule has 1 aromatic heterocycles. The number of rotatable bonds is 3. The molecule has 1 aliphatic heterocycles. The van der Waals surface area contributed by atoms with Crippen LogP contribution in [-0.4, -0.2) is 41.6 Å². The fraction of sp³-hybridized carbons (Fsp3) is 0.438. The molecule has 0 aliphatic carbocycles. The molecule has 2 atom stereocenters. The molecular formula is C16H20N4O2. The number of benzene rings is 1. The quantitative estimate of drug-likeness (QED) is 0.696. The van der Waals surface area contributed by atoms with E-state index in [9.17, 15) is 10.1 Å². The first kappa shape index (κ1) is 14.9. The summed E-state index contributed by atoms with van der Waals surface area (Å²) < 4.78 is 0. The number of fused-ring (bicyclic) bond motifs is 1. The van der Waals surface area contributed by atoms with Crippen molar-refractivity contribution in [2.45, 2.75) is 24.9 Å². The second-order valence-electron chi connectivity index (χ2n) is 6.03. The minimum atomic E-state index is -0.375. The van der Waals surface area contributed by atoms with E-state index in [-0.39, 0.29) is 10.6 Å². The second-order valence-corrected chi connectivity index (χ2v) is 6.03. The Kier molecular flexibility index (Phi) is 4.04. The van der Waals surface area contributed by atoms with E-state index in [0.717, 1.165) is 36.0 Å². The monoisotopic (exact) mass is 300 g/mol. The number of nitro benzene ring substituents is 1. The smallest absolute Gasteiger partial charge is 0.270 e. The molecular weight excluding hydrogens is 280 g/mol. The zero-order valence-corrected chi connectivity index (χ0v) is 12.8. The molecule has 0 radical (unpaired) electrons. The molecule has 6 nitrogen and oxygen atoms in total. The van der Waals surface area contributed by atoms with Crippen LogP contribution in [-0.2, 0) is 0 Å². The van der Waals surface area contributed by atoms with Crippen molar-refractivity contribution < 1.29 is 4.92 Å². The van der Waals surface area contributed by atoms with Gasteiger partial charge in [-0.2, -0.15) is 0 Å². The van der Waals surface area contributed by atoms with Gasteiger partial charge in [0.2, 0.25) is 0 Å². The summed E-state index contributed by atoms with van der Waals surface area (Å²) in [5.41, 5.74) is 1.99. The number of aromatic nitrogens is 1. The number of nitrogens with zero attached hydrogens (tertiary/aromatic N) is 3. The number of hydrogen-bond donors (Lipinski definition) is 1. The van der Waals surface area contributed by atoms with E-state index >= 15 is 0 Å².